The van der Waals surface area contributed by atoms with Gasteiger partial charge >= 0.3 is 0 Å². The summed E-state index contributed by atoms with van der Waals surface area (Å²) >= 11 is 1.24. The Morgan fingerprint density at radius 2 is 0.887 bits per heavy atom. The Morgan fingerprint density at radius 1 is 0.371 bits per heavy atom. The molecule has 0 spiro atoms. The third kappa shape index (κ3) is 5.92. The Balaban J connectivity index is 0.901. The van der Waals surface area contributed by atoms with Crippen molar-refractivity contribution < 1.29 is 0 Å². The Kier molecular flexibility index (Phi) is 8.27. The molecule has 0 radical (unpaired) electrons. The van der Waals surface area contributed by atoms with E-state index in [-0.39, 0.29) is 5.41 Å². The van der Waals surface area contributed by atoms with E-state index in [9.17, 15) is 0 Å². The fourth-order valence-electron chi connectivity index (χ4n) is 9.19. The number of aromatic nitrogens is 6. The number of rotatable bonds is 6. The highest BCUT2D eigenvalue weighted by atomic mass is 32.1. The molecule has 1 aliphatic carbocycles. The molecule has 6 nitrogen and oxygen atoms in total. The molecule has 0 aliphatic heterocycles. The number of benzene rings is 8. The van der Waals surface area contributed by atoms with E-state index in [0.717, 1.165) is 77.3 Å². The monoisotopic (exact) mass is 812 g/mol. The van der Waals surface area contributed by atoms with E-state index in [2.05, 4.69) is 158 Å². The van der Waals surface area contributed by atoms with Crippen molar-refractivity contribution in [3.05, 3.63) is 193 Å². The molecule has 0 unspecified atom stereocenters. The van der Waals surface area contributed by atoms with Crippen LogP contribution in [0.5, 0.6) is 0 Å². The smallest absolute Gasteiger partial charge is 0.164 e. The van der Waals surface area contributed by atoms with Gasteiger partial charge in [-0.2, -0.15) is 8.75 Å². The number of pyridine rings is 1. The van der Waals surface area contributed by atoms with Gasteiger partial charge in [-0.25, -0.2) is 19.9 Å². The summed E-state index contributed by atoms with van der Waals surface area (Å²) in [6.07, 6.45) is 0. The summed E-state index contributed by atoms with van der Waals surface area (Å²) in [6.45, 7) is 4.64. The van der Waals surface area contributed by atoms with E-state index in [0.29, 0.717) is 17.5 Å². The number of hydrogen-bond donors (Lipinski definition) is 0. The van der Waals surface area contributed by atoms with Gasteiger partial charge in [0.05, 0.1) is 22.9 Å². The van der Waals surface area contributed by atoms with Crippen molar-refractivity contribution in [1.29, 1.82) is 0 Å². The van der Waals surface area contributed by atoms with Crippen molar-refractivity contribution in [2.45, 2.75) is 19.3 Å². The summed E-state index contributed by atoms with van der Waals surface area (Å²) in [4.78, 5) is 20.4. The maximum Gasteiger partial charge on any atom is 0.164 e. The highest BCUT2D eigenvalue weighted by Crippen LogP contribution is 2.49. The predicted octanol–water partition coefficient (Wildman–Crippen LogP) is 13.9. The van der Waals surface area contributed by atoms with Crippen LogP contribution in [-0.2, 0) is 5.41 Å². The van der Waals surface area contributed by atoms with E-state index >= 15 is 0 Å². The van der Waals surface area contributed by atoms with Crippen molar-refractivity contribution >= 4 is 44.4 Å². The number of hydrogen-bond acceptors (Lipinski definition) is 7. The van der Waals surface area contributed by atoms with Crippen LogP contribution in [0.4, 0.5) is 0 Å². The Labute approximate surface area is 362 Å². The lowest BCUT2D eigenvalue weighted by molar-refractivity contribution is 0.660. The highest BCUT2D eigenvalue weighted by Gasteiger charge is 2.35. The van der Waals surface area contributed by atoms with Crippen LogP contribution >= 0.6 is 11.7 Å². The molecule has 62 heavy (non-hydrogen) atoms. The van der Waals surface area contributed by atoms with Crippen LogP contribution in [0.2, 0.25) is 0 Å². The van der Waals surface area contributed by atoms with Gasteiger partial charge in [0.15, 0.2) is 17.5 Å². The molecule has 7 heteroatoms. The number of fused-ring (bicyclic) bond motifs is 8. The van der Waals surface area contributed by atoms with E-state index in [1.807, 2.05) is 42.5 Å². The molecule has 0 saturated carbocycles. The highest BCUT2D eigenvalue weighted by molar-refractivity contribution is 7.00. The van der Waals surface area contributed by atoms with Gasteiger partial charge in [0.25, 0.3) is 0 Å². The van der Waals surface area contributed by atoms with Crippen molar-refractivity contribution in [2.75, 3.05) is 0 Å². The standard InChI is InChI=1S/C55H36N6S/c1-55(2)45-16-10-9-15-41(45)42-27-25-39(31-46(42)55)33-17-21-37(22-18-33)53-57-52(36-13-7-4-8-14-36)58-54(59-53)38-23-19-34(20-24-38)40-26-28-43-48(32-40)56-50(35-11-5-3-6-12-35)44-29-30-47-51(49(43)44)61-62-60-47/h3-32H,1-2H3. The average Bonchev–Trinajstić information content (AvgIpc) is 3.91. The molecule has 0 atom stereocenters. The van der Waals surface area contributed by atoms with E-state index < -0.39 is 0 Å². The van der Waals surface area contributed by atoms with Gasteiger partial charge in [0.1, 0.15) is 11.0 Å². The van der Waals surface area contributed by atoms with Crippen LogP contribution in [0.15, 0.2) is 182 Å². The van der Waals surface area contributed by atoms with E-state index in [4.69, 9.17) is 24.3 Å². The van der Waals surface area contributed by atoms with E-state index in [1.165, 1.54) is 39.5 Å². The molecule has 3 heterocycles. The minimum Gasteiger partial charge on any atom is -0.247 e. The van der Waals surface area contributed by atoms with Gasteiger partial charge in [-0.1, -0.05) is 172 Å². The van der Waals surface area contributed by atoms with Gasteiger partial charge in [-0.05, 0) is 68.8 Å². The molecule has 12 rings (SSSR count). The molecule has 0 amide bonds. The van der Waals surface area contributed by atoms with Crippen LogP contribution < -0.4 is 0 Å². The lowest BCUT2D eigenvalue weighted by atomic mass is 9.81. The molecule has 0 saturated heterocycles. The quantitative estimate of drug-likeness (QED) is 0.156. The van der Waals surface area contributed by atoms with Crippen molar-refractivity contribution in [1.82, 2.24) is 28.7 Å². The molecule has 0 fully saturated rings. The summed E-state index contributed by atoms with van der Waals surface area (Å²) in [5.41, 5.74) is 17.3. The second-order valence-electron chi connectivity index (χ2n) is 16.4. The summed E-state index contributed by atoms with van der Waals surface area (Å²) in [5, 5.41) is 3.20. The van der Waals surface area contributed by atoms with Gasteiger partial charge in [-0.15, -0.1) is 0 Å². The molecule has 0 bridgehead atoms. The Hall–Kier alpha value is -7.74. The van der Waals surface area contributed by atoms with Crippen LogP contribution in [0.3, 0.4) is 0 Å². The first kappa shape index (κ1) is 36.1. The summed E-state index contributed by atoms with van der Waals surface area (Å²) in [6, 6.07) is 63.8. The zero-order valence-corrected chi connectivity index (χ0v) is 34.7. The van der Waals surface area contributed by atoms with Crippen LogP contribution in [0.25, 0.3) is 112 Å². The van der Waals surface area contributed by atoms with Gasteiger partial charge in [0, 0.05) is 43.8 Å². The lowest BCUT2D eigenvalue weighted by Gasteiger charge is -2.22. The second kappa shape index (κ2) is 14.2. The average molecular weight is 813 g/mol. The molecule has 1 aliphatic rings. The summed E-state index contributed by atoms with van der Waals surface area (Å²) in [5.74, 6) is 1.87. The first-order valence-electron chi connectivity index (χ1n) is 20.8. The van der Waals surface area contributed by atoms with Gasteiger partial charge < -0.3 is 0 Å². The minimum atomic E-state index is -0.0584. The van der Waals surface area contributed by atoms with Crippen LogP contribution in [-0.4, -0.2) is 28.7 Å². The molecule has 8 aromatic carbocycles. The SMILES string of the molecule is CC1(C)c2ccccc2-c2ccc(-c3ccc(-c4nc(-c5ccccc5)nc(-c5ccc(-c6ccc7c(c6)nc(-c6ccccc6)c6ccc8nsnc8c67)cc5)n4)cc3)cc21. The van der Waals surface area contributed by atoms with Crippen LogP contribution in [0, 0.1) is 0 Å². The first-order chi connectivity index (χ1) is 30.5. The zero-order chi connectivity index (χ0) is 41.4. The fraction of sp³-hybridized carbons (Fsp3) is 0.0545. The van der Waals surface area contributed by atoms with Gasteiger partial charge in [-0.3, -0.25) is 0 Å². The Morgan fingerprint density at radius 3 is 1.56 bits per heavy atom. The lowest BCUT2D eigenvalue weighted by Crippen LogP contribution is -2.14. The minimum absolute atomic E-state index is 0.0584. The number of nitrogens with zero attached hydrogens (tertiary/aromatic N) is 6. The maximum absolute atomic E-state index is 5.27. The van der Waals surface area contributed by atoms with Crippen molar-refractivity contribution in [3.63, 3.8) is 0 Å². The normalized spacial score (nSPS) is 12.8. The predicted molar refractivity (Wildman–Crippen MR) is 254 cm³/mol. The van der Waals surface area contributed by atoms with Crippen LogP contribution in [0.1, 0.15) is 25.0 Å². The fourth-order valence-corrected chi connectivity index (χ4v) is 9.73. The summed E-state index contributed by atoms with van der Waals surface area (Å²) in [7, 11) is 0. The Bertz CT molecular complexity index is 3530. The van der Waals surface area contributed by atoms with Crippen molar-refractivity contribution in [3.8, 4) is 78.8 Å². The van der Waals surface area contributed by atoms with Crippen molar-refractivity contribution in [2.24, 2.45) is 0 Å². The maximum atomic E-state index is 5.27. The topological polar surface area (TPSA) is 77.3 Å². The third-order valence-electron chi connectivity index (χ3n) is 12.4. The first-order valence-corrected chi connectivity index (χ1v) is 21.5. The molecule has 292 valence electrons. The zero-order valence-electron chi connectivity index (χ0n) is 33.9. The molecular weight excluding hydrogens is 777 g/mol. The third-order valence-corrected chi connectivity index (χ3v) is 13.0. The molecule has 0 N–H and O–H groups in total. The largest absolute Gasteiger partial charge is 0.247 e. The van der Waals surface area contributed by atoms with E-state index in [1.54, 1.807) is 0 Å². The molecule has 11 aromatic rings. The second-order valence-corrected chi connectivity index (χ2v) is 17.0. The van der Waals surface area contributed by atoms with Gasteiger partial charge in [0.2, 0.25) is 0 Å². The summed E-state index contributed by atoms with van der Waals surface area (Å²) < 4.78 is 9.28. The molecular formula is C55H36N6S. The molecule has 3 aromatic heterocycles.